The zero-order chi connectivity index (χ0) is 18.4. The molecule has 0 aromatic heterocycles. The normalized spacial score (nSPS) is 16.3. The molecule has 1 aliphatic rings. The summed E-state index contributed by atoms with van der Waals surface area (Å²) in [5, 5.41) is 0. The summed E-state index contributed by atoms with van der Waals surface area (Å²) in [4.78, 5) is 2.53. The van der Waals surface area contributed by atoms with Gasteiger partial charge in [-0.05, 0) is 36.4 Å². The van der Waals surface area contributed by atoms with E-state index in [9.17, 15) is 8.42 Å². The topological polar surface area (TPSA) is 59.1 Å². The Bertz CT molecular complexity index is 786. The predicted octanol–water partition coefficient (Wildman–Crippen LogP) is 2.08. The van der Waals surface area contributed by atoms with E-state index in [4.69, 9.17) is 9.47 Å². The van der Waals surface area contributed by atoms with Gasteiger partial charge in [-0.2, -0.15) is 4.31 Å². The second kappa shape index (κ2) is 8.53. The maximum absolute atomic E-state index is 12.7. The highest BCUT2D eigenvalue weighted by atomic mass is 32.2. The van der Waals surface area contributed by atoms with Crippen LogP contribution in [-0.4, -0.2) is 64.1 Å². The summed E-state index contributed by atoms with van der Waals surface area (Å²) in [6.07, 6.45) is 0. The third-order valence-corrected chi connectivity index (χ3v) is 6.36. The lowest BCUT2D eigenvalue weighted by atomic mass is 10.3. The minimum absolute atomic E-state index is 0.305. The number of hydrogen-bond acceptors (Lipinski definition) is 5. The van der Waals surface area contributed by atoms with Gasteiger partial charge in [0.2, 0.25) is 10.0 Å². The lowest BCUT2D eigenvalue weighted by molar-refractivity contribution is 0.159. The Hall–Kier alpha value is -2.09. The molecular formula is C19H24N2O4S. The number of piperazine rings is 1. The number of sulfonamides is 1. The quantitative estimate of drug-likeness (QED) is 0.741. The lowest BCUT2D eigenvalue weighted by Crippen LogP contribution is -2.49. The molecular weight excluding hydrogens is 352 g/mol. The highest BCUT2D eigenvalue weighted by Gasteiger charge is 2.28. The summed E-state index contributed by atoms with van der Waals surface area (Å²) < 4.78 is 37.8. The molecule has 0 atom stereocenters. The first-order valence-corrected chi connectivity index (χ1v) is 10.1. The van der Waals surface area contributed by atoms with Gasteiger partial charge in [-0.1, -0.05) is 18.2 Å². The monoisotopic (exact) mass is 376 g/mol. The molecule has 0 spiro atoms. The summed E-state index contributed by atoms with van der Waals surface area (Å²) in [6.45, 7) is 3.75. The molecule has 0 amide bonds. The second-order valence-electron chi connectivity index (χ2n) is 6.08. The SMILES string of the molecule is COc1ccc(S(=O)(=O)N2CCN(CCOc3ccccc3)CC2)cc1. The van der Waals surface area contributed by atoms with E-state index in [1.807, 2.05) is 30.3 Å². The molecule has 6 nitrogen and oxygen atoms in total. The van der Waals surface area contributed by atoms with E-state index in [1.165, 1.54) is 0 Å². The Labute approximate surface area is 155 Å². The van der Waals surface area contributed by atoms with Crippen molar-refractivity contribution in [3.63, 3.8) is 0 Å². The first kappa shape index (κ1) is 18.7. The third kappa shape index (κ3) is 4.55. The van der Waals surface area contributed by atoms with Gasteiger partial charge in [-0.25, -0.2) is 8.42 Å². The van der Waals surface area contributed by atoms with Gasteiger partial charge in [0.25, 0.3) is 0 Å². The average Bonchev–Trinajstić information content (AvgIpc) is 2.69. The highest BCUT2D eigenvalue weighted by molar-refractivity contribution is 7.89. The second-order valence-corrected chi connectivity index (χ2v) is 8.02. The summed E-state index contributed by atoms with van der Waals surface area (Å²) in [6, 6.07) is 16.2. The summed E-state index contributed by atoms with van der Waals surface area (Å²) >= 11 is 0. The molecule has 0 saturated carbocycles. The molecule has 1 fully saturated rings. The largest absolute Gasteiger partial charge is 0.497 e. The molecule has 3 rings (SSSR count). The standard InChI is InChI=1S/C19H24N2O4S/c1-24-17-7-9-19(10-8-17)26(22,23)21-13-11-20(12-14-21)15-16-25-18-5-3-2-4-6-18/h2-10H,11-16H2,1H3. The van der Waals surface area contributed by atoms with E-state index in [0.717, 1.165) is 12.3 Å². The number of methoxy groups -OCH3 is 1. The van der Waals surface area contributed by atoms with Crippen molar-refractivity contribution in [1.82, 2.24) is 9.21 Å². The van der Waals surface area contributed by atoms with Crippen LogP contribution < -0.4 is 9.47 Å². The minimum atomic E-state index is -3.45. The molecule has 0 N–H and O–H groups in total. The third-order valence-electron chi connectivity index (χ3n) is 4.45. The number of rotatable bonds is 7. The van der Waals surface area contributed by atoms with Crippen molar-refractivity contribution >= 4 is 10.0 Å². The van der Waals surface area contributed by atoms with Crippen molar-refractivity contribution in [3.05, 3.63) is 54.6 Å². The average molecular weight is 376 g/mol. The number of nitrogens with zero attached hydrogens (tertiary/aromatic N) is 2. The number of hydrogen-bond donors (Lipinski definition) is 0. The van der Waals surface area contributed by atoms with Gasteiger partial charge in [0, 0.05) is 32.7 Å². The van der Waals surface area contributed by atoms with Gasteiger partial charge in [0.05, 0.1) is 12.0 Å². The van der Waals surface area contributed by atoms with Crippen molar-refractivity contribution < 1.29 is 17.9 Å². The van der Waals surface area contributed by atoms with Gasteiger partial charge >= 0.3 is 0 Å². The van der Waals surface area contributed by atoms with Crippen LogP contribution in [0.3, 0.4) is 0 Å². The Kier molecular flexibility index (Phi) is 6.13. The summed E-state index contributed by atoms with van der Waals surface area (Å²) in [5.74, 6) is 1.50. The maximum atomic E-state index is 12.7. The first-order valence-electron chi connectivity index (χ1n) is 8.64. The number of para-hydroxylation sites is 1. The Morgan fingerprint density at radius 2 is 1.54 bits per heavy atom. The van der Waals surface area contributed by atoms with Crippen LogP contribution in [0.5, 0.6) is 11.5 Å². The highest BCUT2D eigenvalue weighted by Crippen LogP contribution is 2.20. The molecule has 1 heterocycles. The van der Waals surface area contributed by atoms with Gasteiger partial charge in [-0.3, -0.25) is 4.90 Å². The van der Waals surface area contributed by atoms with Crippen molar-refractivity contribution in [2.45, 2.75) is 4.90 Å². The smallest absolute Gasteiger partial charge is 0.243 e. The lowest BCUT2D eigenvalue weighted by Gasteiger charge is -2.33. The molecule has 0 bridgehead atoms. The van der Waals surface area contributed by atoms with Gasteiger partial charge in [-0.15, -0.1) is 0 Å². The Morgan fingerprint density at radius 3 is 2.15 bits per heavy atom. The van der Waals surface area contributed by atoms with Gasteiger partial charge in [0.1, 0.15) is 18.1 Å². The van der Waals surface area contributed by atoms with Crippen molar-refractivity contribution in [2.75, 3.05) is 46.4 Å². The molecule has 2 aromatic carbocycles. The van der Waals surface area contributed by atoms with Crippen LogP contribution in [0.4, 0.5) is 0 Å². The first-order chi connectivity index (χ1) is 12.6. The zero-order valence-electron chi connectivity index (χ0n) is 14.9. The molecule has 0 aliphatic carbocycles. The van der Waals surface area contributed by atoms with Gasteiger partial charge < -0.3 is 9.47 Å². The minimum Gasteiger partial charge on any atom is -0.497 e. The number of ether oxygens (including phenoxy) is 2. The molecule has 0 radical (unpaired) electrons. The molecule has 26 heavy (non-hydrogen) atoms. The summed E-state index contributed by atoms with van der Waals surface area (Å²) in [5.41, 5.74) is 0. The van der Waals surface area contributed by atoms with Crippen LogP contribution in [-0.2, 0) is 10.0 Å². The van der Waals surface area contributed by atoms with Crippen LogP contribution in [0.25, 0.3) is 0 Å². The van der Waals surface area contributed by atoms with E-state index < -0.39 is 10.0 Å². The zero-order valence-corrected chi connectivity index (χ0v) is 15.7. The maximum Gasteiger partial charge on any atom is 0.243 e. The van der Waals surface area contributed by atoms with Crippen molar-refractivity contribution in [3.8, 4) is 11.5 Å². The Balaban J connectivity index is 1.49. The number of benzene rings is 2. The van der Waals surface area contributed by atoms with Crippen LogP contribution in [0.15, 0.2) is 59.5 Å². The fourth-order valence-electron chi connectivity index (χ4n) is 2.90. The molecule has 140 valence electrons. The van der Waals surface area contributed by atoms with Crippen LogP contribution >= 0.6 is 0 Å². The molecule has 0 unspecified atom stereocenters. The van der Waals surface area contributed by atoms with Gasteiger partial charge in [0.15, 0.2) is 0 Å². The Morgan fingerprint density at radius 1 is 0.885 bits per heavy atom. The predicted molar refractivity (Wildman–Crippen MR) is 100 cm³/mol. The van der Waals surface area contributed by atoms with E-state index in [2.05, 4.69) is 4.90 Å². The molecule has 1 aliphatic heterocycles. The molecule has 1 saturated heterocycles. The van der Waals surface area contributed by atoms with E-state index >= 15 is 0 Å². The van der Waals surface area contributed by atoms with E-state index in [-0.39, 0.29) is 0 Å². The van der Waals surface area contributed by atoms with Crippen molar-refractivity contribution in [1.29, 1.82) is 0 Å². The fourth-order valence-corrected chi connectivity index (χ4v) is 4.32. The van der Waals surface area contributed by atoms with E-state index in [1.54, 1.807) is 35.7 Å². The molecule has 7 heteroatoms. The van der Waals surface area contributed by atoms with Crippen LogP contribution in [0.1, 0.15) is 0 Å². The molecule has 2 aromatic rings. The van der Waals surface area contributed by atoms with Crippen LogP contribution in [0, 0.1) is 0 Å². The summed E-state index contributed by atoms with van der Waals surface area (Å²) in [7, 11) is -1.89. The van der Waals surface area contributed by atoms with Crippen LogP contribution in [0.2, 0.25) is 0 Å². The van der Waals surface area contributed by atoms with E-state index in [0.29, 0.717) is 43.4 Å². The fraction of sp³-hybridized carbons (Fsp3) is 0.368. The van der Waals surface area contributed by atoms with Crippen molar-refractivity contribution in [2.24, 2.45) is 0 Å².